The largest absolute Gasteiger partial charge is 0.508 e. The van der Waals surface area contributed by atoms with Gasteiger partial charge in [-0.15, -0.1) is 0 Å². The van der Waals surface area contributed by atoms with Crippen LogP contribution in [0.3, 0.4) is 0 Å². The summed E-state index contributed by atoms with van der Waals surface area (Å²) in [6.07, 6.45) is 0.138. The van der Waals surface area contributed by atoms with Gasteiger partial charge in [0.1, 0.15) is 5.75 Å². The van der Waals surface area contributed by atoms with Crippen molar-refractivity contribution in [3.63, 3.8) is 0 Å². The molecule has 4 nitrogen and oxygen atoms in total. The second kappa shape index (κ2) is 5.84. The molecule has 1 N–H and O–H groups in total. The number of ketones is 1. The molecule has 17 heavy (non-hydrogen) atoms. The maximum atomic E-state index is 11.5. The number of esters is 1. The van der Waals surface area contributed by atoms with Gasteiger partial charge in [-0.3, -0.25) is 4.79 Å². The van der Waals surface area contributed by atoms with Crippen LogP contribution in [-0.4, -0.2) is 23.5 Å². The number of hydrogen-bond donors (Lipinski definition) is 1. The van der Waals surface area contributed by atoms with E-state index in [2.05, 4.69) is 6.58 Å². The number of carbonyl (C=O) groups excluding carboxylic acids is 2. The van der Waals surface area contributed by atoms with Gasteiger partial charge in [-0.2, -0.15) is 0 Å². The van der Waals surface area contributed by atoms with Crippen molar-refractivity contribution in [2.24, 2.45) is 0 Å². The van der Waals surface area contributed by atoms with Gasteiger partial charge in [-0.05, 0) is 36.8 Å². The van der Waals surface area contributed by atoms with E-state index in [1.165, 1.54) is 24.3 Å². The number of aromatic hydroxyl groups is 1. The number of phenols is 1. The SMILES string of the molecule is C=C(C)C(=O)CCOC(=O)c1ccc(O)cc1. The molecule has 0 spiro atoms. The Kier molecular flexibility index (Phi) is 4.46. The number of carbonyl (C=O) groups is 2. The predicted molar refractivity (Wildman–Crippen MR) is 62.8 cm³/mol. The summed E-state index contributed by atoms with van der Waals surface area (Å²) >= 11 is 0. The molecule has 0 amide bonds. The highest BCUT2D eigenvalue weighted by atomic mass is 16.5. The third kappa shape index (κ3) is 4.10. The Morgan fingerprint density at radius 1 is 1.29 bits per heavy atom. The zero-order chi connectivity index (χ0) is 12.8. The van der Waals surface area contributed by atoms with Crippen molar-refractivity contribution in [3.8, 4) is 5.75 Å². The molecule has 0 aromatic heterocycles. The van der Waals surface area contributed by atoms with Crippen molar-refractivity contribution in [2.45, 2.75) is 13.3 Å². The molecule has 0 aliphatic carbocycles. The average molecular weight is 234 g/mol. The summed E-state index contributed by atoms with van der Waals surface area (Å²) in [5, 5.41) is 9.04. The minimum Gasteiger partial charge on any atom is -0.508 e. The standard InChI is InChI=1S/C13H14O4/c1-9(2)12(15)7-8-17-13(16)10-3-5-11(14)6-4-10/h3-6,14H,1,7-8H2,2H3. The highest BCUT2D eigenvalue weighted by Crippen LogP contribution is 2.10. The Morgan fingerprint density at radius 2 is 1.88 bits per heavy atom. The van der Waals surface area contributed by atoms with E-state index in [0.717, 1.165) is 0 Å². The van der Waals surface area contributed by atoms with E-state index in [0.29, 0.717) is 11.1 Å². The van der Waals surface area contributed by atoms with Crippen molar-refractivity contribution < 1.29 is 19.4 Å². The third-order valence-electron chi connectivity index (χ3n) is 2.14. The molecule has 0 heterocycles. The van der Waals surface area contributed by atoms with Crippen molar-refractivity contribution >= 4 is 11.8 Å². The zero-order valence-electron chi connectivity index (χ0n) is 9.60. The molecular weight excluding hydrogens is 220 g/mol. The molecule has 90 valence electrons. The van der Waals surface area contributed by atoms with E-state index in [4.69, 9.17) is 9.84 Å². The number of ether oxygens (including phenoxy) is 1. The van der Waals surface area contributed by atoms with Crippen LogP contribution in [0.5, 0.6) is 5.75 Å². The monoisotopic (exact) mass is 234 g/mol. The van der Waals surface area contributed by atoms with Gasteiger partial charge < -0.3 is 9.84 Å². The molecule has 1 rings (SSSR count). The first-order valence-electron chi connectivity index (χ1n) is 5.15. The number of phenolic OH excluding ortho intramolecular Hbond substituents is 1. The Morgan fingerprint density at radius 3 is 2.41 bits per heavy atom. The summed E-state index contributed by atoms with van der Waals surface area (Å²) in [5.74, 6) is -0.554. The molecule has 0 fully saturated rings. The molecule has 0 aliphatic heterocycles. The summed E-state index contributed by atoms with van der Waals surface area (Å²) in [5.41, 5.74) is 0.788. The van der Waals surface area contributed by atoms with Gasteiger partial charge in [0.05, 0.1) is 12.2 Å². The molecule has 1 aromatic rings. The van der Waals surface area contributed by atoms with Gasteiger partial charge in [0, 0.05) is 6.42 Å². The number of hydrogen-bond acceptors (Lipinski definition) is 4. The maximum Gasteiger partial charge on any atom is 0.338 e. The second-order valence-corrected chi connectivity index (χ2v) is 3.64. The molecule has 0 saturated heterocycles. The average Bonchev–Trinajstić information content (AvgIpc) is 2.29. The summed E-state index contributed by atoms with van der Waals surface area (Å²) in [6, 6.07) is 5.71. The van der Waals surface area contributed by atoms with E-state index in [-0.39, 0.29) is 24.6 Å². The Hall–Kier alpha value is -2.10. The Labute approximate surface area is 99.5 Å². The predicted octanol–water partition coefficient (Wildman–Crippen LogP) is 2.08. The van der Waals surface area contributed by atoms with Gasteiger partial charge in [0.25, 0.3) is 0 Å². The van der Waals surface area contributed by atoms with E-state index in [9.17, 15) is 9.59 Å². The smallest absolute Gasteiger partial charge is 0.338 e. The summed E-state index contributed by atoms with van der Waals surface area (Å²) in [7, 11) is 0. The quantitative estimate of drug-likeness (QED) is 0.625. The van der Waals surface area contributed by atoms with Crippen LogP contribution in [0.4, 0.5) is 0 Å². The topological polar surface area (TPSA) is 63.6 Å². The lowest BCUT2D eigenvalue weighted by Gasteiger charge is -2.04. The van der Waals surface area contributed by atoms with Crippen molar-refractivity contribution in [1.29, 1.82) is 0 Å². The Balaban J connectivity index is 2.43. The summed E-state index contributed by atoms with van der Waals surface area (Å²) < 4.78 is 4.91. The van der Waals surface area contributed by atoms with Crippen molar-refractivity contribution in [1.82, 2.24) is 0 Å². The molecule has 1 aromatic carbocycles. The van der Waals surface area contributed by atoms with E-state index in [1.54, 1.807) is 6.92 Å². The fraction of sp³-hybridized carbons (Fsp3) is 0.231. The molecule has 0 saturated carbocycles. The lowest BCUT2D eigenvalue weighted by Crippen LogP contribution is -2.10. The van der Waals surface area contributed by atoms with Gasteiger partial charge in [0.2, 0.25) is 0 Å². The normalized spacial score (nSPS) is 9.71. The van der Waals surface area contributed by atoms with Crippen LogP contribution in [0.25, 0.3) is 0 Å². The number of allylic oxidation sites excluding steroid dienone is 1. The Bertz CT molecular complexity index is 431. The van der Waals surface area contributed by atoms with Gasteiger partial charge in [-0.25, -0.2) is 4.79 Å². The van der Waals surface area contributed by atoms with Crippen molar-refractivity contribution in [2.75, 3.05) is 6.61 Å². The first kappa shape index (κ1) is 13.0. The molecule has 0 atom stereocenters. The van der Waals surface area contributed by atoms with Crippen LogP contribution < -0.4 is 0 Å². The second-order valence-electron chi connectivity index (χ2n) is 3.64. The van der Waals surface area contributed by atoms with E-state index >= 15 is 0 Å². The minimum absolute atomic E-state index is 0.0331. The lowest BCUT2D eigenvalue weighted by molar-refractivity contribution is -0.116. The molecule has 0 unspecified atom stereocenters. The van der Waals surface area contributed by atoms with Crippen LogP contribution in [0.2, 0.25) is 0 Å². The minimum atomic E-state index is -0.514. The lowest BCUT2D eigenvalue weighted by atomic mass is 10.2. The third-order valence-corrected chi connectivity index (χ3v) is 2.14. The van der Waals surface area contributed by atoms with Crippen LogP contribution in [0, 0.1) is 0 Å². The highest BCUT2D eigenvalue weighted by Gasteiger charge is 2.08. The first-order valence-corrected chi connectivity index (χ1v) is 5.15. The van der Waals surface area contributed by atoms with Crippen molar-refractivity contribution in [3.05, 3.63) is 42.0 Å². The molecular formula is C13H14O4. The van der Waals surface area contributed by atoms with Gasteiger partial charge >= 0.3 is 5.97 Å². The van der Waals surface area contributed by atoms with Gasteiger partial charge in [-0.1, -0.05) is 6.58 Å². The number of Topliss-reactive ketones (excluding diaryl/α,β-unsaturated/α-hetero) is 1. The van der Waals surface area contributed by atoms with Crippen LogP contribution in [-0.2, 0) is 9.53 Å². The van der Waals surface area contributed by atoms with Crippen LogP contribution >= 0.6 is 0 Å². The van der Waals surface area contributed by atoms with E-state index < -0.39 is 5.97 Å². The summed E-state index contributed by atoms with van der Waals surface area (Å²) in [4.78, 5) is 22.7. The van der Waals surface area contributed by atoms with Crippen LogP contribution in [0.15, 0.2) is 36.4 Å². The molecule has 0 radical (unpaired) electrons. The highest BCUT2D eigenvalue weighted by molar-refractivity contribution is 5.94. The zero-order valence-corrected chi connectivity index (χ0v) is 9.60. The van der Waals surface area contributed by atoms with E-state index in [1.807, 2.05) is 0 Å². The maximum absolute atomic E-state index is 11.5. The van der Waals surface area contributed by atoms with Gasteiger partial charge in [0.15, 0.2) is 5.78 Å². The molecule has 0 aliphatic rings. The summed E-state index contributed by atoms with van der Waals surface area (Å²) in [6.45, 7) is 5.15. The number of rotatable bonds is 5. The molecule has 0 bridgehead atoms. The molecule has 4 heteroatoms. The fourth-order valence-corrected chi connectivity index (χ4v) is 1.13. The van der Waals surface area contributed by atoms with Crippen LogP contribution in [0.1, 0.15) is 23.7 Å². The number of benzene rings is 1. The first-order chi connectivity index (χ1) is 8.00. The fourth-order valence-electron chi connectivity index (χ4n) is 1.13.